The second kappa shape index (κ2) is 14.0. The molecular formula is C20H36O. The molecule has 0 spiro atoms. The van der Waals surface area contributed by atoms with Crippen LogP contribution < -0.4 is 0 Å². The average molecular weight is 293 g/mol. The van der Waals surface area contributed by atoms with Crippen LogP contribution in [0.1, 0.15) is 90.2 Å². The number of phenols is 1. The largest absolute Gasteiger partial charge is 0.508 e. The van der Waals surface area contributed by atoms with Gasteiger partial charge in [0.2, 0.25) is 0 Å². The van der Waals surface area contributed by atoms with E-state index in [9.17, 15) is 5.11 Å². The van der Waals surface area contributed by atoms with Crippen molar-refractivity contribution in [3.63, 3.8) is 0 Å². The minimum atomic E-state index is 0.442. The van der Waals surface area contributed by atoms with E-state index in [1.54, 1.807) is 0 Å². The van der Waals surface area contributed by atoms with E-state index in [-0.39, 0.29) is 0 Å². The molecule has 1 aromatic carbocycles. The van der Waals surface area contributed by atoms with Crippen LogP contribution in [0.15, 0.2) is 18.2 Å². The maximum absolute atomic E-state index is 9.58. The third kappa shape index (κ3) is 10.4. The number of aromatic hydroxyl groups is 1. The van der Waals surface area contributed by atoms with E-state index in [0.717, 1.165) is 18.4 Å². The lowest BCUT2D eigenvalue weighted by Gasteiger charge is -2.06. The third-order valence-corrected chi connectivity index (χ3v) is 3.80. The van der Waals surface area contributed by atoms with Gasteiger partial charge in [-0.2, -0.15) is 0 Å². The summed E-state index contributed by atoms with van der Waals surface area (Å²) in [5.41, 5.74) is 2.44. The number of benzene rings is 1. The molecule has 0 aliphatic rings. The molecule has 0 aliphatic heterocycles. The molecule has 0 heterocycles. The molecule has 0 fully saturated rings. The highest BCUT2D eigenvalue weighted by Gasteiger charge is 2.00. The first kappa shape index (κ1) is 20.0. The molecule has 0 aromatic heterocycles. The van der Waals surface area contributed by atoms with E-state index in [4.69, 9.17) is 0 Å². The number of hydrogen-bond donors (Lipinski definition) is 1. The molecule has 1 heteroatoms. The smallest absolute Gasteiger partial charge is 0.118 e. The van der Waals surface area contributed by atoms with Crippen LogP contribution in [0.4, 0.5) is 0 Å². The first-order valence-electron chi connectivity index (χ1n) is 9.00. The summed E-state index contributed by atoms with van der Waals surface area (Å²) in [5.74, 6) is 0.442. The Morgan fingerprint density at radius 1 is 0.762 bits per heavy atom. The van der Waals surface area contributed by atoms with Crippen molar-refractivity contribution >= 4 is 0 Å². The lowest BCUT2D eigenvalue weighted by molar-refractivity contribution is 0.468. The van der Waals surface area contributed by atoms with Gasteiger partial charge in [0, 0.05) is 0 Å². The van der Waals surface area contributed by atoms with Gasteiger partial charge in [0.25, 0.3) is 0 Å². The molecule has 0 radical (unpaired) electrons. The zero-order valence-electron chi connectivity index (χ0n) is 14.8. The molecule has 0 saturated heterocycles. The predicted molar refractivity (Wildman–Crippen MR) is 95.1 cm³/mol. The molecule has 122 valence electrons. The first-order valence-corrected chi connectivity index (χ1v) is 9.00. The Bertz CT molecular complexity index is 342. The van der Waals surface area contributed by atoms with Gasteiger partial charge in [0.15, 0.2) is 0 Å². The molecule has 1 rings (SSSR count). The molecule has 0 bridgehead atoms. The van der Waals surface area contributed by atoms with E-state index < -0.39 is 0 Å². The van der Waals surface area contributed by atoms with E-state index >= 15 is 0 Å². The second-order valence-electron chi connectivity index (χ2n) is 5.83. The lowest BCUT2D eigenvalue weighted by Crippen LogP contribution is -1.89. The van der Waals surface area contributed by atoms with Crippen LogP contribution in [-0.2, 0) is 12.8 Å². The Morgan fingerprint density at radius 3 is 1.90 bits per heavy atom. The van der Waals surface area contributed by atoms with E-state index in [0.29, 0.717) is 5.75 Å². The molecule has 1 nitrogen and oxygen atoms in total. The zero-order valence-corrected chi connectivity index (χ0v) is 14.8. The van der Waals surface area contributed by atoms with Crippen LogP contribution in [-0.4, -0.2) is 5.11 Å². The van der Waals surface area contributed by atoms with Gasteiger partial charge in [-0.25, -0.2) is 0 Å². The second-order valence-corrected chi connectivity index (χ2v) is 5.83. The van der Waals surface area contributed by atoms with Crippen molar-refractivity contribution in [1.82, 2.24) is 0 Å². The Kier molecular flexibility index (Phi) is 13.3. The van der Waals surface area contributed by atoms with Crippen LogP contribution in [0.3, 0.4) is 0 Å². The number of phenolic OH excluding ortho intramolecular Hbond substituents is 1. The third-order valence-electron chi connectivity index (χ3n) is 3.80. The van der Waals surface area contributed by atoms with Crippen LogP contribution in [0.5, 0.6) is 5.75 Å². The van der Waals surface area contributed by atoms with Gasteiger partial charge in [0.05, 0.1) is 0 Å². The van der Waals surface area contributed by atoms with Gasteiger partial charge < -0.3 is 5.11 Å². The molecule has 1 aromatic rings. The SMILES string of the molecule is CCCCC.CCCCCCCc1ccc(O)c(CC)c1. The van der Waals surface area contributed by atoms with E-state index in [1.807, 2.05) is 12.1 Å². The van der Waals surface area contributed by atoms with Crippen molar-refractivity contribution in [2.75, 3.05) is 0 Å². The number of rotatable bonds is 9. The summed E-state index contributed by atoms with van der Waals surface area (Å²) in [6, 6.07) is 6.03. The van der Waals surface area contributed by atoms with Crippen molar-refractivity contribution in [3.05, 3.63) is 29.3 Å². The van der Waals surface area contributed by atoms with Gasteiger partial charge in [0.1, 0.15) is 5.75 Å². The molecule has 0 aliphatic carbocycles. The van der Waals surface area contributed by atoms with Crippen molar-refractivity contribution in [1.29, 1.82) is 0 Å². The van der Waals surface area contributed by atoms with Crippen molar-refractivity contribution in [3.8, 4) is 5.75 Å². The van der Waals surface area contributed by atoms with Crippen molar-refractivity contribution < 1.29 is 5.11 Å². The zero-order chi connectivity index (χ0) is 15.9. The molecule has 0 unspecified atom stereocenters. The maximum atomic E-state index is 9.58. The fourth-order valence-corrected chi connectivity index (χ4v) is 2.36. The normalized spacial score (nSPS) is 10.1. The monoisotopic (exact) mass is 292 g/mol. The summed E-state index contributed by atoms with van der Waals surface area (Å²) in [4.78, 5) is 0. The molecule has 0 amide bonds. The van der Waals surface area contributed by atoms with Gasteiger partial charge in [-0.05, 0) is 36.5 Å². The minimum Gasteiger partial charge on any atom is -0.508 e. The minimum absolute atomic E-state index is 0.442. The predicted octanol–water partition coefficient (Wildman–Crippen LogP) is 6.66. The Morgan fingerprint density at radius 2 is 1.38 bits per heavy atom. The summed E-state index contributed by atoms with van der Waals surface area (Å²) < 4.78 is 0. The topological polar surface area (TPSA) is 20.2 Å². The van der Waals surface area contributed by atoms with Crippen LogP contribution in [0, 0.1) is 0 Å². The van der Waals surface area contributed by atoms with E-state index in [1.165, 1.54) is 56.9 Å². The standard InChI is InChI=1S/C15H24O.C5H12/c1-3-5-6-7-8-9-13-10-11-15(16)14(4-2)12-13;1-3-5-4-2/h10-12,16H,3-9H2,1-2H3;3-5H2,1-2H3. The quantitative estimate of drug-likeness (QED) is 0.504. The Hall–Kier alpha value is -0.980. The highest BCUT2D eigenvalue weighted by atomic mass is 16.3. The first-order chi connectivity index (χ1) is 10.2. The van der Waals surface area contributed by atoms with E-state index in [2.05, 4.69) is 33.8 Å². The van der Waals surface area contributed by atoms with Crippen LogP contribution in [0.2, 0.25) is 0 Å². The number of hydrogen-bond acceptors (Lipinski definition) is 1. The van der Waals surface area contributed by atoms with Gasteiger partial charge in [-0.3, -0.25) is 0 Å². The molecule has 0 atom stereocenters. The lowest BCUT2D eigenvalue weighted by atomic mass is 10.0. The van der Waals surface area contributed by atoms with Crippen molar-refractivity contribution in [2.24, 2.45) is 0 Å². The molecular weight excluding hydrogens is 256 g/mol. The molecule has 1 N–H and O–H groups in total. The highest BCUT2D eigenvalue weighted by Crippen LogP contribution is 2.20. The summed E-state index contributed by atoms with van der Waals surface area (Å²) in [6.07, 6.45) is 12.8. The average Bonchev–Trinajstić information content (AvgIpc) is 2.50. The number of unbranched alkanes of at least 4 members (excludes halogenated alkanes) is 6. The fraction of sp³-hybridized carbons (Fsp3) is 0.700. The van der Waals surface area contributed by atoms with Crippen molar-refractivity contribution in [2.45, 2.75) is 91.9 Å². The Labute approximate surface area is 132 Å². The van der Waals surface area contributed by atoms with Gasteiger partial charge >= 0.3 is 0 Å². The molecule has 0 saturated carbocycles. The van der Waals surface area contributed by atoms with Crippen LogP contribution >= 0.6 is 0 Å². The summed E-state index contributed by atoms with van der Waals surface area (Å²) in [5, 5.41) is 9.58. The van der Waals surface area contributed by atoms with Crippen LogP contribution in [0.25, 0.3) is 0 Å². The summed E-state index contributed by atoms with van der Waals surface area (Å²) in [7, 11) is 0. The fourth-order valence-electron chi connectivity index (χ4n) is 2.36. The Balaban J connectivity index is 0.000000690. The highest BCUT2D eigenvalue weighted by molar-refractivity contribution is 5.36. The maximum Gasteiger partial charge on any atom is 0.118 e. The summed E-state index contributed by atoms with van der Waals surface area (Å²) >= 11 is 0. The summed E-state index contributed by atoms with van der Waals surface area (Å²) in [6.45, 7) is 8.75. The van der Waals surface area contributed by atoms with Gasteiger partial charge in [-0.1, -0.05) is 84.8 Å². The number of aryl methyl sites for hydroxylation is 2. The molecule has 21 heavy (non-hydrogen) atoms. The van der Waals surface area contributed by atoms with Gasteiger partial charge in [-0.15, -0.1) is 0 Å².